The molecule has 1 aliphatic heterocycles. The molecular weight excluding hydrogens is 537 g/mol. The highest BCUT2D eigenvalue weighted by molar-refractivity contribution is 6.68. The number of furan rings is 1. The molecule has 44 heavy (non-hydrogen) atoms. The molecule has 0 bridgehead atoms. The van der Waals surface area contributed by atoms with E-state index in [-0.39, 0.29) is 17.9 Å². The molecule has 1 saturated heterocycles. The van der Waals surface area contributed by atoms with Crippen molar-refractivity contribution in [2.75, 3.05) is 0 Å². The van der Waals surface area contributed by atoms with Gasteiger partial charge in [-0.3, -0.25) is 0 Å². The van der Waals surface area contributed by atoms with Gasteiger partial charge in [-0.2, -0.15) is 0 Å². The van der Waals surface area contributed by atoms with Crippen LogP contribution in [-0.4, -0.2) is 17.1 Å². The fourth-order valence-corrected chi connectivity index (χ4v) is 6.55. The summed E-state index contributed by atoms with van der Waals surface area (Å²) in [5.41, 5.74) is 9.77. The van der Waals surface area contributed by atoms with Crippen molar-refractivity contribution in [3.63, 3.8) is 0 Å². The normalized spacial score (nSPS) is 15.8. The van der Waals surface area contributed by atoms with Gasteiger partial charge >= 0.3 is 6.92 Å². The van der Waals surface area contributed by atoms with Crippen LogP contribution in [-0.2, 0) is 4.65 Å². The largest absolute Gasteiger partial charge is 0.456 e. The van der Waals surface area contributed by atoms with Gasteiger partial charge in [-0.15, -0.1) is 0 Å². The molecule has 3 nitrogen and oxygen atoms in total. The Balaban J connectivity index is 0.00000168. The first-order valence-corrected chi connectivity index (χ1v) is 15.8. The molecule has 7 rings (SSSR count). The Bertz CT molecular complexity index is 2020. The van der Waals surface area contributed by atoms with E-state index in [1.807, 2.05) is 32.1 Å². The number of aromatic nitrogens is 1. The zero-order chi connectivity index (χ0) is 31.2. The summed E-state index contributed by atoms with van der Waals surface area (Å²) in [6.07, 6.45) is 7.24. The summed E-state index contributed by atoms with van der Waals surface area (Å²) >= 11 is 0. The quantitative estimate of drug-likeness (QED) is 0.190. The number of nitrogens with zero attached hydrogens (tertiary/aromatic N) is 1. The lowest BCUT2D eigenvalue weighted by Crippen LogP contribution is -2.36. The van der Waals surface area contributed by atoms with Gasteiger partial charge in [-0.05, 0) is 85.5 Å². The lowest BCUT2D eigenvalue weighted by molar-refractivity contribution is 0.0375. The monoisotopic (exact) mass is 579 g/mol. The van der Waals surface area contributed by atoms with E-state index in [4.69, 9.17) is 9.07 Å². The second-order valence-corrected chi connectivity index (χ2v) is 12.7. The van der Waals surface area contributed by atoms with E-state index in [2.05, 4.69) is 131 Å². The Morgan fingerprint density at radius 3 is 2.27 bits per heavy atom. The molecule has 6 aromatic rings. The molecule has 1 fully saturated rings. The first-order valence-electron chi connectivity index (χ1n) is 15.8. The highest BCUT2D eigenvalue weighted by Gasteiger charge is 2.49. The van der Waals surface area contributed by atoms with Crippen LogP contribution in [0.2, 0.25) is 6.32 Å². The molecule has 4 heteroatoms. The number of allylic oxidation sites excluding steroid dienone is 1. The number of hydrogen-bond donors (Lipinski definition) is 0. The van der Waals surface area contributed by atoms with Gasteiger partial charge in [-0.1, -0.05) is 95.0 Å². The molecule has 222 valence electrons. The molecule has 0 amide bonds. The van der Waals surface area contributed by atoms with Crippen molar-refractivity contribution in [1.82, 2.24) is 4.57 Å². The van der Waals surface area contributed by atoms with E-state index in [9.17, 15) is 0 Å². The van der Waals surface area contributed by atoms with Crippen LogP contribution in [0.25, 0.3) is 61.8 Å². The van der Waals surface area contributed by atoms with Crippen LogP contribution in [0.4, 0.5) is 0 Å². The van der Waals surface area contributed by atoms with Crippen LogP contribution in [0, 0.1) is 5.41 Å². The topological polar surface area (TPSA) is 27.3 Å². The maximum Gasteiger partial charge on any atom is 0.327 e. The summed E-state index contributed by atoms with van der Waals surface area (Å²) in [5.74, 6) is 0. The molecule has 0 saturated carbocycles. The number of benzene rings is 4. The van der Waals surface area contributed by atoms with Crippen molar-refractivity contribution in [3.05, 3.63) is 109 Å². The van der Waals surface area contributed by atoms with Crippen LogP contribution in [0.15, 0.2) is 102 Å². The van der Waals surface area contributed by atoms with E-state index in [1.54, 1.807) is 0 Å². The number of rotatable bonds is 5. The lowest BCUT2D eigenvalue weighted by Gasteiger charge is -2.34. The smallest absolute Gasteiger partial charge is 0.327 e. The summed E-state index contributed by atoms with van der Waals surface area (Å²) in [6.45, 7) is 19.4. The van der Waals surface area contributed by atoms with Gasteiger partial charge in [0.05, 0.1) is 16.8 Å². The zero-order valence-corrected chi connectivity index (χ0v) is 27.1. The highest BCUT2D eigenvalue weighted by atomic mass is 16.5. The maximum atomic E-state index is 6.56. The Hall–Kier alpha value is -4.28. The highest BCUT2D eigenvalue weighted by Crippen LogP contribution is 2.45. The van der Waals surface area contributed by atoms with Gasteiger partial charge in [0.25, 0.3) is 0 Å². The SMILES string of the molecule is C=Cc1c(/C=C\C)n(-c2ccc3c(c2)oc2ccccc23)c2ccc(-c3cccc(B4CC(C)(C)C(C)(C)O4)c3)cc12.CC. The van der Waals surface area contributed by atoms with Crippen molar-refractivity contribution in [2.24, 2.45) is 5.41 Å². The predicted molar refractivity (Wildman–Crippen MR) is 191 cm³/mol. The number of para-hydroxylation sites is 1. The standard InChI is InChI=1S/C38H36BNO2.C2H6/c1-7-12-33-29(8-2)32-22-26(25-13-11-14-27(21-25)39-24-37(3,4)38(5,6)42-39)17-20-34(32)40(33)28-18-19-31-30-15-9-10-16-35(30)41-36(31)23-28;1-2/h7-23H,2,24H2,1,3-6H3;1-2H3/b12-7-;. The molecular formula is C40H42BNO2. The van der Waals surface area contributed by atoms with Crippen LogP contribution in [0.5, 0.6) is 0 Å². The molecule has 0 atom stereocenters. The number of fused-ring (bicyclic) bond motifs is 4. The van der Waals surface area contributed by atoms with Gasteiger partial charge in [0.2, 0.25) is 0 Å². The van der Waals surface area contributed by atoms with Gasteiger partial charge in [0, 0.05) is 33.5 Å². The van der Waals surface area contributed by atoms with Crippen LogP contribution in [0.3, 0.4) is 0 Å². The molecule has 2 aromatic heterocycles. The summed E-state index contributed by atoms with van der Waals surface area (Å²) < 4.78 is 15.1. The second-order valence-electron chi connectivity index (χ2n) is 12.7. The summed E-state index contributed by atoms with van der Waals surface area (Å²) in [4.78, 5) is 0. The average Bonchev–Trinajstić information content (AvgIpc) is 3.63. The van der Waals surface area contributed by atoms with Crippen molar-refractivity contribution >= 4 is 57.4 Å². The van der Waals surface area contributed by atoms with Crippen molar-refractivity contribution in [2.45, 2.75) is 60.4 Å². The Morgan fingerprint density at radius 2 is 1.55 bits per heavy atom. The van der Waals surface area contributed by atoms with E-state index in [0.29, 0.717) is 0 Å². The van der Waals surface area contributed by atoms with E-state index >= 15 is 0 Å². The van der Waals surface area contributed by atoms with Crippen molar-refractivity contribution in [3.8, 4) is 16.8 Å². The minimum atomic E-state index is -0.164. The van der Waals surface area contributed by atoms with Gasteiger partial charge in [0.1, 0.15) is 11.2 Å². The molecule has 0 radical (unpaired) electrons. The predicted octanol–water partition coefficient (Wildman–Crippen LogP) is 10.9. The minimum Gasteiger partial charge on any atom is -0.456 e. The van der Waals surface area contributed by atoms with Gasteiger partial charge in [-0.25, -0.2) is 0 Å². The molecule has 3 heterocycles. The summed E-state index contributed by atoms with van der Waals surface area (Å²) in [5, 5.41) is 3.44. The van der Waals surface area contributed by atoms with Crippen LogP contribution >= 0.6 is 0 Å². The Kier molecular flexibility index (Phi) is 7.67. The van der Waals surface area contributed by atoms with Gasteiger partial charge < -0.3 is 13.6 Å². The minimum absolute atomic E-state index is 0.0953. The molecule has 0 N–H and O–H groups in total. The van der Waals surface area contributed by atoms with E-state index in [1.165, 1.54) is 22.0 Å². The summed E-state index contributed by atoms with van der Waals surface area (Å²) in [7, 11) is 0. The van der Waals surface area contributed by atoms with Crippen LogP contribution in [0.1, 0.15) is 59.7 Å². The molecule has 0 spiro atoms. The van der Waals surface area contributed by atoms with Crippen molar-refractivity contribution < 1.29 is 9.07 Å². The van der Waals surface area contributed by atoms with E-state index in [0.717, 1.165) is 50.7 Å². The molecule has 0 aliphatic carbocycles. The van der Waals surface area contributed by atoms with Crippen molar-refractivity contribution in [1.29, 1.82) is 0 Å². The molecule has 0 unspecified atom stereocenters. The van der Waals surface area contributed by atoms with Crippen LogP contribution < -0.4 is 5.46 Å². The zero-order valence-electron chi connectivity index (χ0n) is 27.1. The first-order chi connectivity index (χ1) is 21.2. The third kappa shape index (κ3) is 4.82. The summed E-state index contributed by atoms with van der Waals surface area (Å²) in [6, 6.07) is 30.3. The third-order valence-electron chi connectivity index (χ3n) is 9.55. The Labute approximate surface area is 262 Å². The fourth-order valence-electron chi connectivity index (χ4n) is 6.55. The second kappa shape index (κ2) is 11.3. The van der Waals surface area contributed by atoms with E-state index < -0.39 is 0 Å². The molecule has 4 aromatic carbocycles. The van der Waals surface area contributed by atoms with Gasteiger partial charge in [0.15, 0.2) is 0 Å². The maximum absolute atomic E-state index is 6.56. The first kappa shape index (κ1) is 29.8. The fraction of sp³-hybridized carbons (Fsp3) is 0.250. The average molecular weight is 580 g/mol. The molecule has 1 aliphatic rings. The number of hydrogen-bond acceptors (Lipinski definition) is 2. The Morgan fingerprint density at radius 1 is 0.795 bits per heavy atom. The third-order valence-corrected chi connectivity index (χ3v) is 9.55. The lowest BCUT2D eigenvalue weighted by atomic mass is 9.54.